The molecule has 1 aliphatic carbocycles. The quantitative estimate of drug-likeness (QED) is 0.610. The van der Waals surface area contributed by atoms with E-state index in [1.807, 2.05) is 13.8 Å². The van der Waals surface area contributed by atoms with Crippen LogP contribution in [0.2, 0.25) is 0 Å². The van der Waals surface area contributed by atoms with Crippen molar-refractivity contribution in [2.24, 2.45) is 5.92 Å². The molecule has 2 aliphatic rings. The largest absolute Gasteiger partial charge is 0.460 e. The molecule has 0 spiro atoms. The van der Waals surface area contributed by atoms with Gasteiger partial charge in [-0.05, 0) is 32.1 Å². The third-order valence-corrected chi connectivity index (χ3v) is 2.64. The fraction of sp³-hybridized carbons (Fsp3) is 0.900. The van der Waals surface area contributed by atoms with Crippen molar-refractivity contribution in [3.8, 4) is 0 Å². The summed E-state index contributed by atoms with van der Waals surface area (Å²) in [4.78, 5) is 11.5. The van der Waals surface area contributed by atoms with Crippen LogP contribution in [0, 0.1) is 5.92 Å². The molecule has 1 saturated carbocycles. The molecule has 1 saturated heterocycles. The molecule has 3 nitrogen and oxygen atoms in total. The minimum absolute atomic E-state index is 0.153. The molecule has 1 heterocycles. The Morgan fingerprint density at radius 2 is 2.08 bits per heavy atom. The van der Waals surface area contributed by atoms with Gasteiger partial charge in [-0.25, -0.2) is 4.79 Å². The predicted octanol–water partition coefficient (Wildman–Crippen LogP) is 1.51. The number of esters is 1. The highest BCUT2D eigenvalue weighted by Gasteiger charge is 2.38. The van der Waals surface area contributed by atoms with Crippen molar-refractivity contribution in [3.63, 3.8) is 0 Å². The van der Waals surface area contributed by atoms with Crippen LogP contribution in [0.4, 0.5) is 0 Å². The molecule has 0 aromatic rings. The van der Waals surface area contributed by atoms with E-state index in [0.29, 0.717) is 5.92 Å². The molecule has 3 unspecified atom stereocenters. The third kappa shape index (κ3) is 2.02. The molecule has 0 N–H and O–H groups in total. The number of carbonyl (C=O) groups excluding carboxylic acids is 1. The second kappa shape index (κ2) is 3.29. The van der Waals surface area contributed by atoms with E-state index < -0.39 is 0 Å². The van der Waals surface area contributed by atoms with Crippen molar-refractivity contribution in [2.45, 2.75) is 51.4 Å². The van der Waals surface area contributed by atoms with Crippen LogP contribution in [0.15, 0.2) is 0 Å². The lowest BCUT2D eigenvalue weighted by Crippen LogP contribution is -2.28. The summed E-state index contributed by atoms with van der Waals surface area (Å²) in [5.74, 6) is 0.153. The molecule has 0 aromatic heterocycles. The zero-order valence-electron chi connectivity index (χ0n) is 8.16. The van der Waals surface area contributed by atoms with E-state index >= 15 is 0 Å². The maximum absolute atomic E-state index is 11.5. The minimum Gasteiger partial charge on any atom is -0.460 e. The van der Waals surface area contributed by atoms with E-state index in [2.05, 4.69) is 0 Å². The van der Waals surface area contributed by atoms with Gasteiger partial charge in [-0.15, -0.1) is 0 Å². The van der Waals surface area contributed by atoms with Gasteiger partial charge in [-0.3, -0.25) is 0 Å². The Morgan fingerprint density at radius 3 is 2.54 bits per heavy atom. The fourth-order valence-electron chi connectivity index (χ4n) is 1.79. The smallest absolute Gasteiger partial charge is 0.335 e. The van der Waals surface area contributed by atoms with E-state index in [1.54, 1.807) is 0 Å². The molecule has 1 aliphatic heterocycles. The van der Waals surface area contributed by atoms with Gasteiger partial charge < -0.3 is 9.47 Å². The second-order valence-corrected chi connectivity index (χ2v) is 4.22. The monoisotopic (exact) mass is 184 g/mol. The van der Waals surface area contributed by atoms with Crippen LogP contribution in [0.1, 0.15) is 33.1 Å². The number of ether oxygens (including phenoxy) is 2. The fourth-order valence-corrected chi connectivity index (χ4v) is 1.79. The summed E-state index contributed by atoms with van der Waals surface area (Å²) in [6.45, 7) is 4.04. The van der Waals surface area contributed by atoms with Crippen LogP contribution in [-0.4, -0.2) is 24.3 Å². The standard InChI is InChI=1S/C10H16O3/c1-6-5-7(2)12-9(6)10(11)13-8-3-4-8/h6-9H,3-5H2,1-2H3. The van der Waals surface area contributed by atoms with E-state index in [4.69, 9.17) is 9.47 Å². The predicted molar refractivity (Wildman–Crippen MR) is 47.2 cm³/mol. The van der Waals surface area contributed by atoms with Crippen molar-refractivity contribution >= 4 is 5.97 Å². The zero-order valence-corrected chi connectivity index (χ0v) is 8.16. The Balaban J connectivity index is 1.87. The van der Waals surface area contributed by atoms with Gasteiger partial charge in [0.15, 0.2) is 6.10 Å². The Morgan fingerprint density at radius 1 is 1.38 bits per heavy atom. The molecule has 3 atom stereocenters. The van der Waals surface area contributed by atoms with E-state index in [1.165, 1.54) is 0 Å². The van der Waals surface area contributed by atoms with Crippen molar-refractivity contribution < 1.29 is 14.3 Å². The van der Waals surface area contributed by atoms with E-state index in [0.717, 1.165) is 19.3 Å². The molecule has 0 bridgehead atoms. The van der Waals surface area contributed by atoms with Crippen LogP contribution in [0.25, 0.3) is 0 Å². The van der Waals surface area contributed by atoms with E-state index in [-0.39, 0.29) is 24.3 Å². The maximum atomic E-state index is 11.5. The summed E-state index contributed by atoms with van der Waals surface area (Å²) in [6.07, 6.45) is 3.11. The Labute approximate surface area is 78.4 Å². The molecular formula is C10H16O3. The zero-order chi connectivity index (χ0) is 9.42. The number of hydrogen-bond donors (Lipinski definition) is 0. The van der Waals surface area contributed by atoms with Crippen molar-refractivity contribution in [3.05, 3.63) is 0 Å². The van der Waals surface area contributed by atoms with Gasteiger partial charge in [0.25, 0.3) is 0 Å². The molecule has 2 rings (SSSR count). The molecular weight excluding hydrogens is 168 g/mol. The Hall–Kier alpha value is -0.570. The second-order valence-electron chi connectivity index (χ2n) is 4.22. The molecule has 3 heteroatoms. The van der Waals surface area contributed by atoms with Gasteiger partial charge in [-0.1, -0.05) is 6.92 Å². The summed E-state index contributed by atoms with van der Waals surface area (Å²) in [5, 5.41) is 0. The van der Waals surface area contributed by atoms with Gasteiger partial charge in [0.05, 0.1) is 6.10 Å². The highest BCUT2D eigenvalue weighted by molar-refractivity contribution is 5.75. The minimum atomic E-state index is -0.310. The number of hydrogen-bond acceptors (Lipinski definition) is 3. The van der Waals surface area contributed by atoms with Crippen LogP contribution >= 0.6 is 0 Å². The van der Waals surface area contributed by atoms with Gasteiger partial charge in [0.1, 0.15) is 6.10 Å². The number of carbonyl (C=O) groups is 1. The van der Waals surface area contributed by atoms with Gasteiger partial charge in [0, 0.05) is 0 Å². The average Bonchev–Trinajstić information content (AvgIpc) is 2.77. The average molecular weight is 184 g/mol. The van der Waals surface area contributed by atoms with Gasteiger partial charge in [-0.2, -0.15) is 0 Å². The summed E-state index contributed by atoms with van der Waals surface area (Å²) in [6, 6.07) is 0. The van der Waals surface area contributed by atoms with Crippen molar-refractivity contribution in [1.82, 2.24) is 0 Å². The van der Waals surface area contributed by atoms with Gasteiger partial charge >= 0.3 is 5.97 Å². The first-order valence-corrected chi connectivity index (χ1v) is 5.03. The molecule has 74 valence electrons. The van der Waals surface area contributed by atoms with Crippen LogP contribution in [0.3, 0.4) is 0 Å². The summed E-state index contributed by atoms with van der Waals surface area (Å²) < 4.78 is 10.7. The first-order chi connectivity index (χ1) is 6.16. The van der Waals surface area contributed by atoms with Crippen molar-refractivity contribution in [2.75, 3.05) is 0 Å². The van der Waals surface area contributed by atoms with Crippen LogP contribution in [0.5, 0.6) is 0 Å². The first-order valence-electron chi connectivity index (χ1n) is 5.03. The molecule has 0 radical (unpaired) electrons. The summed E-state index contributed by atoms with van der Waals surface area (Å²) in [7, 11) is 0. The molecule has 0 amide bonds. The lowest BCUT2D eigenvalue weighted by Gasteiger charge is -2.13. The normalized spacial score (nSPS) is 39.1. The van der Waals surface area contributed by atoms with Gasteiger partial charge in [0.2, 0.25) is 0 Å². The topological polar surface area (TPSA) is 35.5 Å². The molecule has 0 aromatic carbocycles. The maximum Gasteiger partial charge on any atom is 0.335 e. The van der Waals surface area contributed by atoms with Crippen LogP contribution < -0.4 is 0 Å². The van der Waals surface area contributed by atoms with E-state index in [9.17, 15) is 4.79 Å². The SMILES string of the molecule is CC1CC(C)C(C(=O)OC2CC2)O1. The lowest BCUT2D eigenvalue weighted by atomic mass is 10.0. The Bertz CT molecular complexity index is 210. The number of rotatable bonds is 2. The first kappa shape index (κ1) is 9.00. The molecule has 13 heavy (non-hydrogen) atoms. The lowest BCUT2D eigenvalue weighted by molar-refractivity contribution is -0.158. The summed E-state index contributed by atoms with van der Waals surface area (Å²) in [5.41, 5.74) is 0. The van der Waals surface area contributed by atoms with Crippen LogP contribution in [-0.2, 0) is 14.3 Å². The third-order valence-electron chi connectivity index (χ3n) is 2.64. The Kier molecular flexibility index (Phi) is 2.28. The molecule has 2 fully saturated rings. The highest BCUT2D eigenvalue weighted by atomic mass is 16.6. The van der Waals surface area contributed by atoms with Crippen molar-refractivity contribution in [1.29, 1.82) is 0 Å². The summed E-state index contributed by atoms with van der Waals surface area (Å²) >= 11 is 0. The highest BCUT2D eigenvalue weighted by Crippen LogP contribution is 2.30.